The van der Waals surface area contributed by atoms with E-state index in [1.165, 1.54) is 19.1 Å². The van der Waals surface area contributed by atoms with Crippen molar-refractivity contribution in [3.05, 3.63) is 64.3 Å². The molecule has 3 N–H and O–H groups in total. The van der Waals surface area contributed by atoms with E-state index >= 15 is 0 Å². The lowest BCUT2D eigenvalue weighted by Gasteiger charge is -2.40. The van der Waals surface area contributed by atoms with E-state index in [0.717, 1.165) is 27.8 Å². The Kier molecular flexibility index (Phi) is 14.1. The number of cyclic esters (lactones) is 1. The van der Waals surface area contributed by atoms with Gasteiger partial charge < -0.3 is 24.0 Å². The van der Waals surface area contributed by atoms with Crippen LogP contribution in [0.1, 0.15) is 40.5 Å². The molecule has 4 atom stereocenters. The topological polar surface area (TPSA) is 178 Å². The van der Waals surface area contributed by atoms with Crippen molar-refractivity contribution < 1.29 is 50.9 Å². The van der Waals surface area contributed by atoms with Gasteiger partial charge in [-0.3, -0.25) is 13.9 Å². The Morgan fingerprint density at radius 1 is 1.20 bits per heavy atom. The quantitative estimate of drug-likeness (QED) is 0.0506. The molecule has 0 radical (unpaired) electrons. The van der Waals surface area contributed by atoms with Gasteiger partial charge >= 0.3 is 21.2 Å². The third-order valence-electron chi connectivity index (χ3n) is 8.38. The van der Waals surface area contributed by atoms with Crippen molar-refractivity contribution in [1.82, 2.24) is 9.16 Å². The predicted octanol–water partition coefficient (Wildman–Crippen LogP) is 5.84. The summed E-state index contributed by atoms with van der Waals surface area (Å²) in [4.78, 5) is 25.3. The van der Waals surface area contributed by atoms with E-state index in [4.69, 9.17) is 18.5 Å². The molecular weight excluding hydrogens is 710 g/mol. The SMILES string of the molecule is CCOP(=O)(O)NP(=O)(CCN(C/C(C)=C/CC1=C(CC)C(C)=C2COC(=O)C2C1(O)OCC[Si](C)(C)C)S(C)(=O)=O)Oc1ccccc1. The van der Waals surface area contributed by atoms with Crippen LogP contribution in [0.4, 0.5) is 0 Å². The highest BCUT2D eigenvalue weighted by Gasteiger charge is 2.55. The first kappa shape index (κ1) is 41.5. The molecular formula is C32H52N2O11P2SSi. The van der Waals surface area contributed by atoms with Crippen LogP contribution in [-0.2, 0) is 37.9 Å². The fraction of sp³-hybridized carbons (Fsp3) is 0.594. The number of nitrogens with zero attached hydrogens (tertiary/aromatic N) is 1. The van der Waals surface area contributed by atoms with Crippen molar-refractivity contribution in [3.8, 4) is 5.75 Å². The maximum absolute atomic E-state index is 13.9. The second-order valence-electron chi connectivity index (χ2n) is 13.5. The Morgan fingerprint density at radius 3 is 2.43 bits per heavy atom. The molecule has 0 bridgehead atoms. The van der Waals surface area contributed by atoms with E-state index in [1.54, 1.807) is 31.2 Å². The number of hydrogen-bond acceptors (Lipinski definition) is 10. The molecule has 1 heterocycles. The Labute approximate surface area is 291 Å². The third-order valence-corrected chi connectivity index (χ3v) is 15.5. The normalized spacial score (nSPS) is 23.0. The molecule has 1 fully saturated rings. The number of sulfonamides is 1. The van der Waals surface area contributed by atoms with Gasteiger partial charge in [0.05, 0.1) is 19.0 Å². The molecule has 17 heteroatoms. The number of fused-ring (bicyclic) bond motifs is 1. The van der Waals surface area contributed by atoms with Crippen LogP contribution in [0, 0.1) is 5.92 Å². The number of carbonyl (C=O) groups excluding carboxylic acids is 1. The predicted molar refractivity (Wildman–Crippen MR) is 192 cm³/mol. The van der Waals surface area contributed by atoms with E-state index in [1.807, 2.05) is 13.8 Å². The molecule has 3 rings (SSSR count). The first-order valence-corrected chi connectivity index (χ1v) is 25.3. The molecule has 1 aliphatic heterocycles. The van der Waals surface area contributed by atoms with Crippen LogP contribution in [0.5, 0.6) is 5.75 Å². The molecule has 0 saturated carbocycles. The first-order valence-electron chi connectivity index (χ1n) is 16.3. The number of ether oxygens (including phenoxy) is 2. The van der Waals surface area contributed by atoms with Gasteiger partial charge in [0.2, 0.25) is 15.8 Å². The molecule has 1 aromatic carbocycles. The second-order valence-corrected chi connectivity index (χ2v) is 25.2. The Hall–Kier alpha value is -1.90. The molecule has 13 nitrogen and oxygen atoms in total. The van der Waals surface area contributed by atoms with Gasteiger partial charge in [-0.1, -0.05) is 56.4 Å². The zero-order valence-corrected chi connectivity index (χ0v) is 33.3. The number of benzene rings is 1. The van der Waals surface area contributed by atoms with Crippen LogP contribution in [0.25, 0.3) is 0 Å². The highest BCUT2D eigenvalue weighted by atomic mass is 32.2. The van der Waals surface area contributed by atoms with Crippen molar-refractivity contribution in [2.45, 2.75) is 72.0 Å². The summed E-state index contributed by atoms with van der Waals surface area (Å²) in [5, 5.41) is 12.2. The number of nitrogens with one attached hydrogen (secondary N) is 1. The molecule has 49 heavy (non-hydrogen) atoms. The van der Waals surface area contributed by atoms with Crippen LogP contribution in [-0.4, -0.2) is 87.9 Å². The van der Waals surface area contributed by atoms with Gasteiger partial charge in [0.25, 0.3) is 0 Å². The minimum atomic E-state index is -4.55. The van der Waals surface area contributed by atoms with Gasteiger partial charge in [0.1, 0.15) is 18.3 Å². The highest BCUT2D eigenvalue weighted by Crippen LogP contribution is 2.54. The minimum absolute atomic E-state index is 0.0903. The number of esters is 1. The summed E-state index contributed by atoms with van der Waals surface area (Å²) < 4.78 is 75.5. The van der Waals surface area contributed by atoms with E-state index in [9.17, 15) is 32.3 Å². The third kappa shape index (κ3) is 11.3. The lowest BCUT2D eigenvalue weighted by Crippen LogP contribution is -2.49. The van der Waals surface area contributed by atoms with Crippen LogP contribution >= 0.6 is 15.3 Å². The van der Waals surface area contributed by atoms with Crippen LogP contribution < -0.4 is 9.38 Å². The lowest BCUT2D eigenvalue weighted by atomic mass is 9.73. The Balaban J connectivity index is 1.90. The van der Waals surface area contributed by atoms with Crippen molar-refractivity contribution in [2.75, 3.05) is 45.3 Å². The number of hydrogen-bond donors (Lipinski definition) is 3. The molecule has 1 aromatic rings. The summed E-state index contributed by atoms with van der Waals surface area (Å²) in [6.45, 7) is 13.5. The zero-order chi connectivity index (χ0) is 36.8. The van der Waals surface area contributed by atoms with Gasteiger partial charge in [-0.2, -0.15) is 4.31 Å². The Morgan fingerprint density at radius 2 is 1.86 bits per heavy atom. The van der Waals surface area contributed by atoms with Crippen LogP contribution in [0.15, 0.2) is 64.3 Å². The molecule has 1 saturated heterocycles. The maximum atomic E-state index is 13.9. The molecule has 276 valence electrons. The molecule has 0 aromatic heterocycles. The summed E-state index contributed by atoms with van der Waals surface area (Å²) in [6.07, 6.45) is 3.08. The van der Waals surface area contributed by atoms with Crippen molar-refractivity contribution >= 4 is 39.3 Å². The summed E-state index contributed by atoms with van der Waals surface area (Å²) in [7, 11) is -14.2. The number of allylic oxidation sites excluding steroid dienone is 3. The summed E-state index contributed by atoms with van der Waals surface area (Å²) in [5.74, 6) is -3.31. The largest absolute Gasteiger partial charge is 0.460 e. The number of rotatable bonds is 19. The number of aliphatic hydroxyl groups is 1. The van der Waals surface area contributed by atoms with Gasteiger partial charge in [-0.05, 0) is 74.1 Å². The fourth-order valence-electron chi connectivity index (χ4n) is 5.81. The van der Waals surface area contributed by atoms with Crippen LogP contribution in [0.3, 0.4) is 0 Å². The van der Waals surface area contributed by atoms with Gasteiger partial charge in [0, 0.05) is 27.8 Å². The van der Waals surface area contributed by atoms with Gasteiger partial charge in [-0.25, -0.2) is 13.0 Å². The summed E-state index contributed by atoms with van der Waals surface area (Å²) in [5.41, 5.74) is 3.58. The average molecular weight is 763 g/mol. The summed E-state index contributed by atoms with van der Waals surface area (Å²) in [6, 6.07) is 8.79. The minimum Gasteiger partial charge on any atom is -0.460 e. The highest BCUT2D eigenvalue weighted by molar-refractivity contribution is 7.88. The number of para-hydroxylation sites is 1. The molecule has 2 aliphatic rings. The average Bonchev–Trinajstić information content (AvgIpc) is 3.37. The van der Waals surface area contributed by atoms with Crippen molar-refractivity contribution in [3.63, 3.8) is 0 Å². The monoisotopic (exact) mass is 762 g/mol. The van der Waals surface area contributed by atoms with E-state index in [2.05, 4.69) is 24.5 Å². The van der Waals surface area contributed by atoms with E-state index in [-0.39, 0.29) is 45.1 Å². The van der Waals surface area contributed by atoms with E-state index < -0.39 is 57.2 Å². The molecule has 0 spiro atoms. The first-order chi connectivity index (χ1) is 22.6. The van der Waals surface area contributed by atoms with Crippen LogP contribution in [0.2, 0.25) is 25.7 Å². The van der Waals surface area contributed by atoms with Crippen molar-refractivity contribution in [1.29, 1.82) is 0 Å². The van der Waals surface area contributed by atoms with Gasteiger partial charge in [0.15, 0.2) is 0 Å². The molecule has 0 amide bonds. The second kappa shape index (κ2) is 16.6. The van der Waals surface area contributed by atoms with Crippen molar-refractivity contribution in [2.24, 2.45) is 5.92 Å². The smallest absolute Gasteiger partial charge is 0.411 e. The molecule has 4 unspecified atom stereocenters. The zero-order valence-electron chi connectivity index (χ0n) is 29.7. The molecule has 1 aliphatic carbocycles. The maximum Gasteiger partial charge on any atom is 0.411 e. The number of carbonyl (C=O) groups is 1. The Bertz CT molecular complexity index is 1660. The fourth-order valence-corrected chi connectivity index (χ4v) is 11.3. The standard InChI is InChI=1S/C32H52N2O11P2SSi/c1-9-27-25(4)28-23-42-31(35)30(28)32(36,43-19-21-49(6,7)8)29(27)17-16-24(3)22-34(48(5,40)41)18-20-46(37,33-47(38,39)44-10-2)45-26-14-12-11-13-15-26/h11-16,30,36H,9-10,17-23H2,1-8H3,(H2,33,37,38,39)/b24-16+. The van der Waals surface area contributed by atoms with E-state index in [0.29, 0.717) is 23.1 Å². The lowest BCUT2D eigenvalue weighted by molar-refractivity contribution is -0.205. The summed E-state index contributed by atoms with van der Waals surface area (Å²) >= 11 is 0. The van der Waals surface area contributed by atoms with Gasteiger partial charge in [-0.15, -0.1) is 4.86 Å².